The van der Waals surface area contributed by atoms with E-state index in [4.69, 9.17) is 9.47 Å². The fourth-order valence-corrected chi connectivity index (χ4v) is 1.78. The minimum atomic E-state index is -1.08. The highest BCUT2D eigenvalue weighted by Gasteiger charge is 2.36. The Morgan fingerprint density at radius 1 is 1.46 bits per heavy atom. The standard InChI is InChI=1S/C10H18O3/c1-4-8-9(5-2)13-7-6-10(8,11)12-3/h11H,4-7H2,1-3H3. The van der Waals surface area contributed by atoms with Crippen LogP contribution in [-0.4, -0.2) is 24.6 Å². The molecule has 1 aliphatic rings. The summed E-state index contributed by atoms with van der Waals surface area (Å²) in [7, 11) is 1.54. The summed E-state index contributed by atoms with van der Waals surface area (Å²) in [6.07, 6.45) is 2.11. The van der Waals surface area contributed by atoms with E-state index in [0.29, 0.717) is 13.0 Å². The Hall–Kier alpha value is -0.540. The number of hydrogen-bond donors (Lipinski definition) is 1. The highest BCUT2D eigenvalue weighted by Crippen LogP contribution is 2.33. The van der Waals surface area contributed by atoms with Crippen molar-refractivity contribution in [3.8, 4) is 0 Å². The summed E-state index contributed by atoms with van der Waals surface area (Å²) in [5.74, 6) is -0.198. The monoisotopic (exact) mass is 186 g/mol. The second-order valence-electron chi connectivity index (χ2n) is 3.20. The molecule has 0 radical (unpaired) electrons. The molecule has 13 heavy (non-hydrogen) atoms. The van der Waals surface area contributed by atoms with E-state index >= 15 is 0 Å². The number of allylic oxidation sites excluding steroid dienone is 1. The summed E-state index contributed by atoms with van der Waals surface area (Å²) in [4.78, 5) is 0. The van der Waals surface area contributed by atoms with Crippen LogP contribution in [0.3, 0.4) is 0 Å². The second kappa shape index (κ2) is 4.11. The molecule has 76 valence electrons. The van der Waals surface area contributed by atoms with Crippen LogP contribution in [0, 0.1) is 0 Å². The maximum Gasteiger partial charge on any atom is 0.194 e. The van der Waals surface area contributed by atoms with Crippen molar-refractivity contribution in [2.24, 2.45) is 0 Å². The Morgan fingerprint density at radius 2 is 2.15 bits per heavy atom. The van der Waals surface area contributed by atoms with Crippen LogP contribution in [0.25, 0.3) is 0 Å². The van der Waals surface area contributed by atoms with Gasteiger partial charge in [0, 0.05) is 25.5 Å². The summed E-state index contributed by atoms with van der Waals surface area (Å²) in [6.45, 7) is 4.56. The van der Waals surface area contributed by atoms with Crippen LogP contribution in [0.15, 0.2) is 11.3 Å². The molecule has 0 aromatic rings. The van der Waals surface area contributed by atoms with E-state index in [0.717, 1.165) is 24.2 Å². The first-order valence-electron chi connectivity index (χ1n) is 4.80. The third-order valence-electron chi connectivity index (χ3n) is 2.54. The highest BCUT2D eigenvalue weighted by molar-refractivity contribution is 5.19. The van der Waals surface area contributed by atoms with Crippen molar-refractivity contribution in [1.82, 2.24) is 0 Å². The van der Waals surface area contributed by atoms with E-state index < -0.39 is 5.79 Å². The largest absolute Gasteiger partial charge is 0.498 e. The van der Waals surface area contributed by atoms with Gasteiger partial charge in [-0.3, -0.25) is 0 Å². The summed E-state index contributed by atoms with van der Waals surface area (Å²) in [6, 6.07) is 0. The summed E-state index contributed by atoms with van der Waals surface area (Å²) in [5.41, 5.74) is 0.892. The van der Waals surface area contributed by atoms with Gasteiger partial charge in [0.25, 0.3) is 0 Å². The van der Waals surface area contributed by atoms with Gasteiger partial charge in [0.2, 0.25) is 0 Å². The quantitative estimate of drug-likeness (QED) is 0.683. The normalized spacial score (nSPS) is 28.9. The van der Waals surface area contributed by atoms with Gasteiger partial charge in [0.05, 0.1) is 6.61 Å². The van der Waals surface area contributed by atoms with E-state index in [-0.39, 0.29) is 0 Å². The van der Waals surface area contributed by atoms with E-state index in [1.165, 1.54) is 7.11 Å². The zero-order chi connectivity index (χ0) is 9.90. The van der Waals surface area contributed by atoms with Gasteiger partial charge >= 0.3 is 0 Å². The van der Waals surface area contributed by atoms with Gasteiger partial charge in [0.1, 0.15) is 5.76 Å². The van der Waals surface area contributed by atoms with Gasteiger partial charge in [-0.1, -0.05) is 13.8 Å². The van der Waals surface area contributed by atoms with Crippen molar-refractivity contribution in [1.29, 1.82) is 0 Å². The molecule has 1 heterocycles. The summed E-state index contributed by atoms with van der Waals surface area (Å²) >= 11 is 0. The van der Waals surface area contributed by atoms with E-state index in [1.54, 1.807) is 0 Å². The first-order valence-corrected chi connectivity index (χ1v) is 4.80. The van der Waals surface area contributed by atoms with Crippen LogP contribution in [0.4, 0.5) is 0 Å². The Labute approximate surface area is 79.3 Å². The van der Waals surface area contributed by atoms with Crippen LogP contribution in [-0.2, 0) is 9.47 Å². The molecule has 1 N–H and O–H groups in total. The van der Waals surface area contributed by atoms with E-state index in [2.05, 4.69) is 0 Å². The minimum Gasteiger partial charge on any atom is -0.498 e. The molecule has 0 saturated carbocycles. The van der Waals surface area contributed by atoms with Crippen molar-refractivity contribution < 1.29 is 14.6 Å². The number of rotatable bonds is 3. The van der Waals surface area contributed by atoms with Crippen LogP contribution in [0.2, 0.25) is 0 Å². The lowest BCUT2D eigenvalue weighted by Gasteiger charge is -2.34. The third-order valence-corrected chi connectivity index (χ3v) is 2.54. The van der Waals surface area contributed by atoms with Gasteiger partial charge in [-0.25, -0.2) is 0 Å². The summed E-state index contributed by atoms with van der Waals surface area (Å²) < 4.78 is 10.6. The Balaban J connectivity index is 2.98. The molecule has 0 aliphatic carbocycles. The number of aliphatic hydroxyl groups is 1. The predicted octanol–water partition coefficient (Wildman–Crippen LogP) is 1.82. The third kappa shape index (κ3) is 1.86. The van der Waals surface area contributed by atoms with Crippen molar-refractivity contribution >= 4 is 0 Å². The molecular formula is C10H18O3. The summed E-state index contributed by atoms with van der Waals surface area (Å²) in [5, 5.41) is 10.1. The molecule has 0 amide bonds. The Kier molecular flexibility index (Phi) is 3.33. The predicted molar refractivity (Wildman–Crippen MR) is 50.1 cm³/mol. The molecule has 0 spiro atoms. The van der Waals surface area contributed by atoms with Crippen molar-refractivity contribution in [2.45, 2.75) is 38.9 Å². The second-order valence-corrected chi connectivity index (χ2v) is 3.20. The molecule has 3 heteroatoms. The molecule has 1 rings (SSSR count). The number of ether oxygens (including phenoxy) is 2. The Morgan fingerprint density at radius 3 is 2.62 bits per heavy atom. The molecular weight excluding hydrogens is 168 g/mol. The van der Waals surface area contributed by atoms with E-state index in [9.17, 15) is 5.11 Å². The molecule has 0 aromatic carbocycles. The van der Waals surface area contributed by atoms with Crippen molar-refractivity contribution in [2.75, 3.05) is 13.7 Å². The SMILES string of the molecule is CCC1=C(CC)C(O)(OC)CCO1. The average molecular weight is 186 g/mol. The minimum absolute atomic E-state index is 0.524. The van der Waals surface area contributed by atoms with Gasteiger partial charge in [-0.05, 0) is 6.42 Å². The number of hydrogen-bond acceptors (Lipinski definition) is 3. The van der Waals surface area contributed by atoms with Gasteiger partial charge in [-0.15, -0.1) is 0 Å². The van der Waals surface area contributed by atoms with Crippen LogP contribution in [0.1, 0.15) is 33.1 Å². The van der Waals surface area contributed by atoms with E-state index in [1.807, 2.05) is 13.8 Å². The maximum absolute atomic E-state index is 10.1. The highest BCUT2D eigenvalue weighted by atomic mass is 16.6. The lowest BCUT2D eigenvalue weighted by molar-refractivity contribution is -0.179. The smallest absolute Gasteiger partial charge is 0.194 e. The van der Waals surface area contributed by atoms with Crippen molar-refractivity contribution in [3.05, 3.63) is 11.3 Å². The zero-order valence-corrected chi connectivity index (χ0v) is 8.59. The first kappa shape index (κ1) is 10.5. The average Bonchev–Trinajstić information content (AvgIpc) is 2.17. The zero-order valence-electron chi connectivity index (χ0n) is 8.59. The molecule has 3 nitrogen and oxygen atoms in total. The van der Waals surface area contributed by atoms with Gasteiger partial charge in [0.15, 0.2) is 5.79 Å². The van der Waals surface area contributed by atoms with Crippen molar-refractivity contribution in [3.63, 3.8) is 0 Å². The first-order chi connectivity index (χ1) is 6.18. The molecule has 0 aromatic heterocycles. The number of methoxy groups -OCH3 is 1. The van der Waals surface area contributed by atoms with Gasteiger partial charge in [-0.2, -0.15) is 0 Å². The molecule has 1 aliphatic heterocycles. The molecule has 0 saturated heterocycles. The fraction of sp³-hybridized carbons (Fsp3) is 0.800. The lowest BCUT2D eigenvalue weighted by atomic mass is 9.96. The Bertz CT molecular complexity index is 210. The van der Waals surface area contributed by atoms with Gasteiger partial charge < -0.3 is 14.6 Å². The van der Waals surface area contributed by atoms with Crippen LogP contribution in [0.5, 0.6) is 0 Å². The van der Waals surface area contributed by atoms with Crippen LogP contribution >= 0.6 is 0 Å². The maximum atomic E-state index is 10.1. The molecule has 1 atom stereocenters. The lowest BCUT2D eigenvalue weighted by Crippen LogP contribution is -2.38. The van der Waals surface area contributed by atoms with Crippen LogP contribution < -0.4 is 0 Å². The fourth-order valence-electron chi connectivity index (χ4n) is 1.78. The molecule has 0 bridgehead atoms. The molecule has 0 fully saturated rings. The topological polar surface area (TPSA) is 38.7 Å². The molecule has 1 unspecified atom stereocenters.